The van der Waals surface area contributed by atoms with Gasteiger partial charge in [-0.05, 0) is 50.6 Å². The fourth-order valence-corrected chi connectivity index (χ4v) is 4.17. The van der Waals surface area contributed by atoms with Crippen LogP contribution in [0, 0.1) is 5.82 Å². The quantitative estimate of drug-likeness (QED) is 0.490. The Morgan fingerprint density at radius 2 is 2.12 bits per heavy atom. The molecule has 162 valence electrons. The summed E-state index contributed by atoms with van der Waals surface area (Å²) in [6, 6.07) is 8.83. The SMILES string of the molecule is C[C@H]1CCCN1Cc1cc2ncc(NC(=O)c3ccc(-c4cnccn4)cc3F)cc2[nH]1. The number of rotatable bonds is 5. The van der Waals surface area contributed by atoms with Crippen molar-refractivity contribution in [3.8, 4) is 11.3 Å². The topological polar surface area (TPSA) is 86.8 Å². The highest BCUT2D eigenvalue weighted by atomic mass is 19.1. The van der Waals surface area contributed by atoms with Crippen LogP contribution in [-0.4, -0.2) is 43.3 Å². The molecule has 4 aromatic rings. The second kappa shape index (κ2) is 8.47. The Morgan fingerprint density at radius 1 is 1.22 bits per heavy atom. The van der Waals surface area contributed by atoms with Crippen molar-refractivity contribution in [3.63, 3.8) is 0 Å². The van der Waals surface area contributed by atoms with E-state index in [4.69, 9.17) is 0 Å². The van der Waals surface area contributed by atoms with E-state index in [1.807, 2.05) is 12.1 Å². The number of hydrogen-bond acceptors (Lipinski definition) is 5. The Balaban J connectivity index is 1.32. The highest BCUT2D eigenvalue weighted by Gasteiger charge is 2.21. The van der Waals surface area contributed by atoms with Crippen molar-refractivity contribution in [1.82, 2.24) is 24.8 Å². The Morgan fingerprint density at radius 3 is 2.88 bits per heavy atom. The number of H-pyrrole nitrogens is 1. The van der Waals surface area contributed by atoms with Crippen LogP contribution in [0.5, 0.6) is 0 Å². The monoisotopic (exact) mass is 430 g/mol. The smallest absolute Gasteiger partial charge is 0.258 e. The molecule has 8 heteroatoms. The van der Waals surface area contributed by atoms with Gasteiger partial charge in [0.2, 0.25) is 0 Å². The number of benzene rings is 1. The molecule has 1 aliphatic heterocycles. The van der Waals surface area contributed by atoms with E-state index in [0.717, 1.165) is 29.8 Å². The van der Waals surface area contributed by atoms with Crippen LogP contribution in [0.4, 0.5) is 10.1 Å². The molecular weight excluding hydrogens is 407 g/mol. The van der Waals surface area contributed by atoms with E-state index in [9.17, 15) is 9.18 Å². The predicted octanol–water partition coefficient (Wildman–Crippen LogP) is 4.40. The first-order valence-electron chi connectivity index (χ1n) is 10.7. The van der Waals surface area contributed by atoms with Gasteiger partial charge in [-0.2, -0.15) is 0 Å². The van der Waals surface area contributed by atoms with Gasteiger partial charge in [0.15, 0.2) is 0 Å². The van der Waals surface area contributed by atoms with Crippen molar-refractivity contribution in [2.75, 3.05) is 11.9 Å². The number of likely N-dealkylation sites (tertiary alicyclic amines) is 1. The van der Waals surface area contributed by atoms with Crippen LogP contribution in [-0.2, 0) is 6.54 Å². The van der Waals surface area contributed by atoms with Crippen LogP contribution in [0.3, 0.4) is 0 Å². The first-order valence-corrected chi connectivity index (χ1v) is 10.7. The Labute approximate surface area is 184 Å². The highest BCUT2D eigenvalue weighted by Crippen LogP contribution is 2.24. The van der Waals surface area contributed by atoms with Gasteiger partial charge < -0.3 is 10.3 Å². The zero-order chi connectivity index (χ0) is 22.1. The second-order valence-corrected chi connectivity index (χ2v) is 8.15. The van der Waals surface area contributed by atoms with E-state index >= 15 is 0 Å². The highest BCUT2D eigenvalue weighted by molar-refractivity contribution is 6.05. The van der Waals surface area contributed by atoms with Crippen molar-refractivity contribution < 1.29 is 9.18 Å². The maximum atomic E-state index is 14.6. The maximum absolute atomic E-state index is 14.6. The third-order valence-electron chi connectivity index (χ3n) is 5.92. The third kappa shape index (κ3) is 4.09. The lowest BCUT2D eigenvalue weighted by atomic mass is 10.1. The van der Waals surface area contributed by atoms with Gasteiger partial charge in [0.05, 0.1) is 40.4 Å². The van der Waals surface area contributed by atoms with Gasteiger partial charge in [-0.3, -0.25) is 24.6 Å². The second-order valence-electron chi connectivity index (χ2n) is 8.15. The molecule has 1 atom stereocenters. The number of nitrogens with zero attached hydrogens (tertiary/aromatic N) is 4. The van der Waals surface area contributed by atoms with Crippen LogP contribution in [0.1, 0.15) is 35.8 Å². The molecule has 0 bridgehead atoms. The number of carbonyl (C=O) groups excluding carboxylic acids is 1. The molecule has 0 saturated carbocycles. The van der Waals surface area contributed by atoms with E-state index in [-0.39, 0.29) is 5.56 Å². The molecule has 5 rings (SSSR count). The minimum absolute atomic E-state index is 0.0482. The molecule has 1 aliphatic rings. The first kappa shape index (κ1) is 20.3. The largest absolute Gasteiger partial charge is 0.356 e. The lowest BCUT2D eigenvalue weighted by Gasteiger charge is -2.19. The van der Waals surface area contributed by atoms with Crippen LogP contribution in [0.25, 0.3) is 22.3 Å². The number of anilines is 1. The Kier molecular flexibility index (Phi) is 5.36. The molecule has 4 heterocycles. The van der Waals surface area contributed by atoms with Crippen molar-refractivity contribution in [2.24, 2.45) is 0 Å². The molecule has 0 radical (unpaired) electrons. The predicted molar refractivity (Wildman–Crippen MR) is 121 cm³/mol. The number of carbonyl (C=O) groups is 1. The van der Waals surface area contributed by atoms with E-state index in [0.29, 0.717) is 23.0 Å². The third-order valence-corrected chi connectivity index (χ3v) is 5.92. The maximum Gasteiger partial charge on any atom is 0.258 e. The molecule has 3 aromatic heterocycles. The number of hydrogen-bond donors (Lipinski definition) is 2. The normalized spacial score (nSPS) is 16.5. The molecule has 0 unspecified atom stereocenters. The van der Waals surface area contributed by atoms with Gasteiger partial charge in [-0.1, -0.05) is 6.07 Å². The summed E-state index contributed by atoms with van der Waals surface area (Å²) in [7, 11) is 0. The Hall–Kier alpha value is -3.65. The number of fused-ring (bicyclic) bond motifs is 1. The number of amides is 1. The summed E-state index contributed by atoms with van der Waals surface area (Å²) in [5.41, 5.74) is 4.32. The molecule has 7 nitrogen and oxygen atoms in total. The molecule has 2 N–H and O–H groups in total. The number of nitrogens with one attached hydrogen (secondary N) is 2. The number of halogens is 1. The molecular formula is C24H23FN6O. The van der Waals surface area contributed by atoms with Crippen LogP contribution < -0.4 is 5.32 Å². The fourth-order valence-electron chi connectivity index (χ4n) is 4.17. The lowest BCUT2D eigenvalue weighted by molar-refractivity contribution is 0.102. The summed E-state index contributed by atoms with van der Waals surface area (Å²) in [6.45, 7) is 4.20. The van der Waals surface area contributed by atoms with Crippen molar-refractivity contribution in [2.45, 2.75) is 32.4 Å². The van der Waals surface area contributed by atoms with Crippen molar-refractivity contribution >= 4 is 22.6 Å². The first-order chi connectivity index (χ1) is 15.6. The van der Waals surface area contributed by atoms with Gasteiger partial charge >= 0.3 is 0 Å². The molecule has 1 aromatic carbocycles. The summed E-state index contributed by atoms with van der Waals surface area (Å²) in [4.78, 5) is 31.1. The minimum atomic E-state index is -0.624. The molecule has 1 saturated heterocycles. The molecule has 1 amide bonds. The summed E-state index contributed by atoms with van der Waals surface area (Å²) in [6.07, 6.45) is 8.67. The van der Waals surface area contributed by atoms with Gasteiger partial charge in [-0.25, -0.2) is 4.39 Å². The summed E-state index contributed by atoms with van der Waals surface area (Å²) in [5.74, 6) is -1.16. The summed E-state index contributed by atoms with van der Waals surface area (Å²) in [5, 5.41) is 2.74. The van der Waals surface area contributed by atoms with Crippen LogP contribution in [0.15, 0.2) is 55.1 Å². The van der Waals surface area contributed by atoms with Gasteiger partial charge in [0, 0.05) is 36.2 Å². The molecule has 0 spiro atoms. The van der Waals surface area contributed by atoms with Gasteiger partial charge in [0.25, 0.3) is 5.91 Å². The lowest BCUT2D eigenvalue weighted by Crippen LogP contribution is -2.26. The molecule has 32 heavy (non-hydrogen) atoms. The molecule has 0 aliphatic carbocycles. The Bertz CT molecular complexity index is 1270. The zero-order valence-corrected chi connectivity index (χ0v) is 17.7. The van der Waals surface area contributed by atoms with Gasteiger partial charge in [-0.15, -0.1) is 0 Å². The molecule has 1 fully saturated rings. The average Bonchev–Trinajstić information content (AvgIpc) is 3.39. The van der Waals surface area contributed by atoms with E-state index in [1.165, 1.54) is 31.2 Å². The summed E-state index contributed by atoms with van der Waals surface area (Å²) < 4.78 is 14.6. The van der Waals surface area contributed by atoms with E-state index in [2.05, 4.69) is 37.1 Å². The van der Waals surface area contributed by atoms with Crippen molar-refractivity contribution in [1.29, 1.82) is 0 Å². The standard InChI is InChI=1S/C24H23FN6O/c1-15-3-2-8-31(15)14-18-11-21-22(29-18)10-17(12-28-21)30-24(32)19-5-4-16(9-20(19)25)23-13-26-6-7-27-23/h4-7,9-13,15,29H,2-3,8,14H2,1H3,(H,30,32)/t15-/m0/s1. The summed E-state index contributed by atoms with van der Waals surface area (Å²) >= 11 is 0. The van der Waals surface area contributed by atoms with Crippen LogP contribution in [0.2, 0.25) is 0 Å². The number of aromatic amines is 1. The van der Waals surface area contributed by atoms with Crippen molar-refractivity contribution in [3.05, 3.63) is 72.2 Å². The van der Waals surface area contributed by atoms with E-state index < -0.39 is 11.7 Å². The van der Waals surface area contributed by atoms with E-state index in [1.54, 1.807) is 24.7 Å². The van der Waals surface area contributed by atoms with Crippen LogP contribution >= 0.6 is 0 Å². The number of aromatic nitrogens is 4. The zero-order valence-electron chi connectivity index (χ0n) is 17.7. The fraction of sp³-hybridized carbons (Fsp3) is 0.250. The average molecular weight is 430 g/mol. The van der Waals surface area contributed by atoms with Gasteiger partial charge in [0.1, 0.15) is 5.82 Å². The number of pyridine rings is 1. The minimum Gasteiger partial charge on any atom is -0.356 e.